The van der Waals surface area contributed by atoms with Gasteiger partial charge in [0.25, 0.3) is 0 Å². The average molecular weight is 254 g/mol. The van der Waals surface area contributed by atoms with Crippen LogP contribution in [0.25, 0.3) is 0 Å². The zero-order chi connectivity index (χ0) is 14.3. The number of nitrogens with one attached hydrogen (secondary N) is 1. The molecule has 18 heavy (non-hydrogen) atoms. The molecule has 0 aliphatic carbocycles. The topological polar surface area (TPSA) is 49.4 Å². The van der Waals surface area contributed by atoms with Crippen LogP contribution in [0.2, 0.25) is 0 Å². The van der Waals surface area contributed by atoms with E-state index in [0.717, 1.165) is 0 Å². The van der Waals surface area contributed by atoms with Gasteiger partial charge < -0.3 is 10.2 Å². The minimum absolute atomic E-state index is 0.0320. The highest BCUT2D eigenvalue weighted by Crippen LogP contribution is 2.31. The van der Waals surface area contributed by atoms with Gasteiger partial charge in [0.1, 0.15) is 12.1 Å². The molecule has 0 bridgehead atoms. The van der Waals surface area contributed by atoms with E-state index < -0.39 is 6.04 Å². The Morgan fingerprint density at radius 3 is 1.89 bits per heavy atom. The van der Waals surface area contributed by atoms with Crippen LogP contribution in [0, 0.1) is 10.8 Å². The second kappa shape index (κ2) is 4.56. The van der Waals surface area contributed by atoms with Crippen molar-refractivity contribution in [1.82, 2.24) is 10.2 Å². The molecule has 2 atom stereocenters. The molecule has 1 saturated heterocycles. The number of likely N-dealkylation sites (N-methyl/N-ethyl adjacent to an activating group) is 1. The van der Waals surface area contributed by atoms with E-state index in [1.54, 1.807) is 4.90 Å². The SMILES string of the molecule is CCN1C(=O)C(C(C)(C)C)NC(=O)C1C(C)(C)C. The maximum absolute atomic E-state index is 12.5. The van der Waals surface area contributed by atoms with Gasteiger partial charge in [-0.05, 0) is 17.8 Å². The van der Waals surface area contributed by atoms with Gasteiger partial charge in [0.2, 0.25) is 11.8 Å². The van der Waals surface area contributed by atoms with E-state index in [1.165, 1.54) is 0 Å². The van der Waals surface area contributed by atoms with E-state index in [4.69, 9.17) is 0 Å². The van der Waals surface area contributed by atoms with Gasteiger partial charge in [0, 0.05) is 6.54 Å². The van der Waals surface area contributed by atoms with Crippen LogP contribution in [0.5, 0.6) is 0 Å². The van der Waals surface area contributed by atoms with E-state index in [0.29, 0.717) is 6.54 Å². The number of amides is 2. The van der Waals surface area contributed by atoms with Gasteiger partial charge in [0.15, 0.2) is 0 Å². The molecule has 1 heterocycles. The molecule has 0 aromatic heterocycles. The lowest BCUT2D eigenvalue weighted by Crippen LogP contribution is -2.69. The summed E-state index contributed by atoms with van der Waals surface area (Å²) in [4.78, 5) is 26.5. The van der Waals surface area contributed by atoms with Crippen molar-refractivity contribution in [2.75, 3.05) is 6.54 Å². The minimum atomic E-state index is -0.427. The summed E-state index contributed by atoms with van der Waals surface area (Å²) in [7, 11) is 0. The van der Waals surface area contributed by atoms with E-state index in [2.05, 4.69) is 5.32 Å². The van der Waals surface area contributed by atoms with E-state index in [-0.39, 0.29) is 28.7 Å². The second-order valence-corrected chi connectivity index (χ2v) is 7.20. The van der Waals surface area contributed by atoms with Gasteiger partial charge in [-0.15, -0.1) is 0 Å². The summed E-state index contributed by atoms with van der Waals surface area (Å²) in [5.74, 6) is -0.00611. The number of hydrogen-bond donors (Lipinski definition) is 1. The Bertz CT molecular complexity index is 350. The fourth-order valence-electron chi connectivity index (χ4n) is 2.50. The van der Waals surface area contributed by atoms with Crippen LogP contribution in [0.3, 0.4) is 0 Å². The first-order valence-electron chi connectivity index (χ1n) is 6.61. The number of carbonyl (C=O) groups is 2. The lowest BCUT2D eigenvalue weighted by molar-refractivity contribution is -0.156. The highest BCUT2D eigenvalue weighted by molar-refractivity contribution is 5.97. The van der Waals surface area contributed by atoms with Crippen molar-refractivity contribution in [3.63, 3.8) is 0 Å². The summed E-state index contributed by atoms with van der Waals surface area (Å²) in [6.45, 7) is 14.4. The minimum Gasteiger partial charge on any atom is -0.342 e. The fraction of sp³-hybridized carbons (Fsp3) is 0.857. The summed E-state index contributed by atoms with van der Waals surface area (Å²) in [5.41, 5.74) is -0.512. The predicted octanol–water partition coefficient (Wildman–Crippen LogP) is 1.79. The molecule has 1 aliphatic rings. The van der Waals surface area contributed by atoms with Crippen LogP contribution in [-0.4, -0.2) is 35.3 Å². The average Bonchev–Trinajstić information content (AvgIpc) is 2.16. The molecule has 0 aromatic rings. The van der Waals surface area contributed by atoms with Crippen molar-refractivity contribution in [2.45, 2.75) is 60.5 Å². The summed E-state index contributed by atoms with van der Waals surface area (Å²) >= 11 is 0. The summed E-state index contributed by atoms with van der Waals surface area (Å²) < 4.78 is 0. The molecule has 1 N–H and O–H groups in total. The molecule has 1 rings (SSSR count). The molecule has 0 radical (unpaired) electrons. The molecule has 4 nitrogen and oxygen atoms in total. The lowest BCUT2D eigenvalue weighted by atomic mass is 9.79. The van der Waals surface area contributed by atoms with Gasteiger partial charge in [0.05, 0.1) is 0 Å². The van der Waals surface area contributed by atoms with E-state index in [1.807, 2.05) is 48.5 Å². The van der Waals surface area contributed by atoms with Gasteiger partial charge in [-0.25, -0.2) is 0 Å². The zero-order valence-corrected chi connectivity index (χ0v) is 12.6. The van der Waals surface area contributed by atoms with Crippen LogP contribution in [0.4, 0.5) is 0 Å². The molecule has 104 valence electrons. The van der Waals surface area contributed by atoms with Crippen molar-refractivity contribution in [3.8, 4) is 0 Å². The van der Waals surface area contributed by atoms with Crippen molar-refractivity contribution in [2.24, 2.45) is 10.8 Å². The van der Waals surface area contributed by atoms with Crippen LogP contribution < -0.4 is 5.32 Å². The van der Waals surface area contributed by atoms with Crippen LogP contribution in [0.1, 0.15) is 48.5 Å². The molecule has 0 spiro atoms. The zero-order valence-electron chi connectivity index (χ0n) is 12.6. The first kappa shape index (κ1) is 15.0. The largest absolute Gasteiger partial charge is 0.342 e. The number of piperazine rings is 1. The molecule has 1 aliphatic heterocycles. The standard InChI is InChI=1S/C14H26N2O2/c1-8-16-10(14(5,6)7)11(17)15-9(12(16)18)13(2,3)4/h9-10H,8H2,1-7H3,(H,15,17). The van der Waals surface area contributed by atoms with Crippen molar-refractivity contribution in [3.05, 3.63) is 0 Å². The lowest BCUT2D eigenvalue weighted by Gasteiger charge is -2.47. The van der Waals surface area contributed by atoms with Crippen molar-refractivity contribution >= 4 is 11.8 Å². The second-order valence-electron chi connectivity index (χ2n) is 7.20. The van der Waals surface area contributed by atoms with Crippen LogP contribution in [0.15, 0.2) is 0 Å². The molecule has 2 unspecified atom stereocenters. The fourth-order valence-corrected chi connectivity index (χ4v) is 2.50. The highest BCUT2D eigenvalue weighted by Gasteiger charge is 2.48. The van der Waals surface area contributed by atoms with Gasteiger partial charge in [-0.2, -0.15) is 0 Å². The normalized spacial score (nSPS) is 26.3. The first-order chi connectivity index (χ1) is 8.00. The Hall–Kier alpha value is -1.06. The summed E-state index contributed by atoms with van der Waals surface area (Å²) in [5, 5.41) is 2.90. The molecule has 1 fully saturated rings. The number of nitrogens with zero attached hydrogens (tertiary/aromatic N) is 1. The third-order valence-electron chi connectivity index (χ3n) is 3.40. The van der Waals surface area contributed by atoms with Crippen molar-refractivity contribution < 1.29 is 9.59 Å². The van der Waals surface area contributed by atoms with Gasteiger partial charge in [-0.1, -0.05) is 41.5 Å². The quantitative estimate of drug-likeness (QED) is 0.775. The predicted molar refractivity (Wildman–Crippen MR) is 72.0 cm³/mol. The molecule has 0 saturated carbocycles. The van der Waals surface area contributed by atoms with Crippen LogP contribution >= 0.6 is 0 Å². The van der Waals surface area contributed by atoms with Gasteiger partial charge >= 0.3 is 0 Å². The maximum atomic E-state index is 12.5. The number of carbonyl (C=O) groups excluding carboxylic acids is 2. The third kappa shape index (κ3) is 2.68. The molecule has 0 aromatic carbocycles. The molecule has 2 amide bonds. The smallest absolute Gasteiger partial charge is 0.246 e. The first-order valence-corrected chi connectivity index (χ1v) is 6.61. The third-order valence-corrected chi connectivity index (χ3v) is 3.40. The maximum Gasteiger partial charge on any atom is 0.246 e. The highest BCUT2D eigenvalue weighted by atomic mass is 16.2. The van der Waals surface area contributed by atoms with Crippen molar-refractivity contribution in [1.29, 1.82) is 0 Å². The Labute approximate surface area is 110 Å². The van der Waals surface area contributed by atoms with Gasteiger partial charge in [-0.3, -0.25) is 9.59 Å². The Kier molecular flexibility index (Phi) is 3.80. The number of hydrogen-bond acceptors (Lipinski definition) is 2. The van der Waals surface area contributed by atoms with E-state index in [9.17, 15) is 9.59 Å². The molecular weight excluding hydrogens is 228 g/mol. The Balaban J connectivity index is 3.12. The van der Waals surface area contributed by atoms with E-state index >= 15 is 0 Å². The molecular formula is C14H26N2O2. The van der Waals surface area contributed by atoms with Crippen LogP contribution in [-0.2, 0) is 9.59 Å². The molecule has 4 heteroatoms. The summed E-state index contributed by atoms with van der Waals surface area (Å²) in [6, 6.07) is -0.808. The summed E-state index contributed by atoms with van der Waals surface area (Å²) in [6.07, 6.45) is 0. The number of rotatable bonds is 1. The Morgan fingerprint density at radius 1 is 1.06 bits per heavy atom. The monoisotopic (exact) mass is 254 g/mol. The Morgan fingerprint density at radius 2 is 1.56 bits per heavy atom.